The van der Waals surface area contributed by atoms with Gasteiger partial charge in [0.2, 0.25) is 5.91 Å². The zero-order valence-corrected chi connectivity index (χ0v) is 10.1. The number of nitrogens with one attached hydrogen (secondary N) is 2. The molecule has 0 aliphatic carbocycles. The molecule has 100 valence electrons. The Hall–Kier alpha value is -1.69. The van der Waals surface area contributed by atoms with Crippen LogP contribution in [0.3, 0.4) is 0 Å². The summed E-state index contributed by atoms with van der Waals surface area (Å²) < 4.78 is 28.7. The van der Waals surface area contributed by atoms with Crippen molar-refractivity contribution in [3.63, 3.8) is 0 Å². The molecule has 0 aliphatic heterocycles. The average molecular weight is 258 g/mol. The molecule has 0 heterocycles. The third kappa shape index (κ3) is 5.09. The fourth-order valence-electron chi connectivity index (χ4n) is 1.38. The van der Waals surface area contributed by atoms with E-state index in [-0.39, 0.29) is 18.2 Å². The van der Waals surface area contributed by atoms with Gasteiger partial charge in [0.1, 0.15) is 5.75 Å². The molecule has 2 N–H and O–H groups in total. The maximum absolute atomic E-state index is 12.1. The van der Waals surface area contributed by atoms with E-state index in [9.17, 15) is 13.6 Å². The molecule has 1 aromatic carbocycles. The first-order chi connectivity index (χ1) is 8.63. The van der Waals surface area contributed by atoms with Crippen LogP contribution in [0.4, 0.5) is 8.78 Å². The van der Waals surface area contributed by atoms with Gasteiger partial charge >= 0.3 is 6.61 Å². The van der Waals surface area contributed by atoms with Gasteiger partial charge in [-0.2, -0.15) is 8.78 Å². The summed E-state index contributed by atoms with van der Waals surface area (Å²) in [5.74, 6) is -0.0578. The topological polar surface area (TPSA) is 50.4 Å². The van der Waals surface area contributed by atoms with Crippen molar-refractivity contribution in [3.8, 4) is 5.75 Å². The van der Waals surface area contributed by atoms with E-state index >= 15 is 0 Å². The van der Waals surface area contributed by atoms with Crippen molar-refractivity contribution < 1.29 is 18.3 Å². The predicted octanol–water partition coefficient (Wildman–Crippen LogP) is 1.51. The van der Waals surface area contributed by atoms with Gasteiger partial charge in [0, 0.05) is 25.1 Å². The minimum Gasteiger partial charge on any atom is -0.434 e. The lowest BCUT2D eigenvalue weighted by Gasteiger charge is -2.11. The number of rotatable bonds is 7. The van der Waals surface area contributed by atoms with Gasteiger partial charge < -0.3 is 15.4 Å². The van der Waals surface area contributed by atoms with Crippen LogP contribution in [0.2, 0.25) is 0 Å². The third-order valence-corrected chi connectivity index (χ3v) is 2.27. The maximum Gasteiger partial charge on any atom is 0.387 e. The van der Waals surface area contributed by atoms with Gasteiger partial charge in [0.25, 0.3) is 0 Å². The van der Waals surface area contributed by atoms with Gasteiger partial charge in [0.05, 0.1) is 0 Å². The first kappa shape index (κ1) is 14.4. The normalized spacial score (nSPS) is 10.4. The molecule has 1 aromatic rings. The van der Waals surface area contributed by atoms with Crippen molar-refractivity contribution in [1.29, 1.82) is 0 Å². The van der Waals surface area contributed by atoms with Gasteiger partial charge in [-0.05, 0) is 13.1 Å². The number of hydrogen-bond acceptors (Lipinski definition) is 3. The van der Waals surface area contributed by atoms with Gasteiger partial charge in [-0.15, -0.1) is 0 Å². The Kier molecular flexibility index (Phi) is 6.07. The van der Waals surface area contributed by atoms with Crippen LogP contribution in [0.15, 0.2) is 24.3 Å². The molecule has 0 aliphatic rings. The highest BCUT2D eigenvalue weighted by atomic mass is 19.3. The summed E-state index contributed by atoms with van der Waals surface area (Å²) in [5.41, 5.74) is 0.524. The zero-order chi connectivity index (χ0) is 13.4. The number of halogens is 2. The quantitative estimate of drug-likeness (QED) is 0.779. The summed E-state index contributed by atoms with van der Waals surface area (Å²) >= 11 is 0. The summed E-state index contributed by atoms with van der Waals surface area (Å²) in [4.78, 5) is 11.4. The number of carbonyl (C=O) groups is 1. The minimum absolute atomic E-state index is 0.0846. The maximum atomic E-state index is 12.1. The van der Waals surface area contributed by atoms with Crippen molar-refractivity contribution in [2.24, 2.45) is 0 Å². The van der Waals surface area contributed by atoms with Crippen molar-refractivity contribution >= 4 is 5.91 Å². The van der Waals surface area contributed by atoms with Crippen LogP contribution in [0.1, 0.15) is 12.0 Å². The summed E-state index contributed by atoms with van der Waals surface area (Å²) in [6.45, 7) is -2.13. The van der Waals surface area contributed by atoms with E-state index in [0.717, 1.165) is 0 Å². The molecular formula is C12H16F2N2O2. The van der Waals surface area contributed by atoms with Crippen LogP contribution in [-0.4, -0.2) is 26.1 Å². The number of ether oxygens (including phenoxy) is 1. The highest BCUT2D eigenvalue weighted by molar-refractivity contribution is 5.76. The van der Waals surface area contributed by atoms with E-state index in [1.54, 1.807) is 25.2 Å². The predicted molar refractivity (Wildman–Crippen MR) is 63.5 cm³/mol. The molecule has 6 heteroatoms. The molecule has 0 bridgehead atoms. The van der Waals surface area contributed by atoms with E-state index in [1.807, 2.05) is 0 Å². The van der Waals surface area contributed by atoms with Crippen molar-refractivity contribution in [1.82, 2.24) is 10.6 Å². The van der Waals surface area contributed by atoms with Crippen molar-refractivity contribution in [3.05, 3.63) is 29.8 Å². The Morgan fingerprint density at radius 3 is 2.78 bits per heavy atom. The summed E-state index contributed by atoms with van der Waals surface area (Å²) in [5, 5.41) is 5.49. The standard InChI is InChI=1S/C12H16F2N2O2/c1-15-7-6-11(17)16-8-9-4-2-3-5-10(9)18-12(13)14/h2-5,12,15H,6-8H2,1H3,(H,16,17). The highest BCUT2D eigenvalue weighted by Crippen LogP contribution is 2.19. The Bertz CT molecular complexity index is 386. The molecule has 1 rings (SSSR count). The molecule has 0 unspecified atom stereocenters. The lowest BCUT2D eigenvalue weighted by molar-refractivity contribution is -0.121. The number of carbonyl (C=O) groups excluding carboxylic acids is 1. The SMILES string of the molecule is CNCCC(=O)NCc1ccccc1OC(F)F. The average Bonchev–Trinajstić information content (AvgIpc) is 2.34. The number of hydrogen-bond donors (Lipinski definition) is 2. The monoisotopic (exact) mass is 258 g/mol. The number of benzene rings is 1. The fourth-order valence-corrected chi connectivity index (χ4v) is 1.38. The molecule has 1 amide bonds. The summed E-state index contributed by atoms with van der Waals surface area (Å²) in [6.07, 6.45) is 0.342. The molecule has 0 saturated heterocycles. The third-order valence-electron chi connectivity index (χ3n) is 2.27. The minimum atomic E-state index is -2.87. The van der Waals surface area contributed by atoms with Crippen LogP contribution >= 0.6 is 0 Å². The van der Waals surface area contributed by atoms with E-state index in [1.165, 1.54) is 6.07 Å². The van der Waals surface area contributed by atoms with Crippen LogP contribution in [0, 0.1) is 0 Å². The van der Waals surface area contributed by atoms with Crippen LogP contribution in [0.25, 0.3) is 0 Å². The van der Waals surface area contributed by atoms with Crippen molar-refractivity contribution in [2.75, 3.05) is 13.6 Å². The number of para-hydroxylation sites is 1. The van der Waals surface area contributed by atoms with Gasteiger partial charge in [0.15, 0.2) is 0 Å². The second kappa shape index (κ2) is 7.60. The van der Waals surface area contributed by atoms with Crippen LogP contribution < -0.4 is 15.4 Å². The lowest BCUT2D eigenvalue weighted by Crippen LogP contribution is -2.26. The van der Waals surface area contributed by atoms with E-state index in [4.69, 9.17) is 0 Å². The fraction of sp³-hybridized carbons (Fsp3) is 0.417. The molecular weight excluding hydrogens is 242 g/mol. The second-order valence-corrected chi connectivity index (χ2v) is 3.62. The number of alkyl halides is 2. The summed E-state index contributed by atoms with van der Waals surface area (Å²) in [7, 11) is 1.75. The Labute approximate surface area is 104 Å². The number of amides is 1. The van der Waals surface area contributed by atoms with Gasteiger partial charge in [-0.3, -0.25) is 4.79 Å². The zero-order valence-electron chi connectivity index (χ0n) is 10.1. The van der Waals surface area contributed by atoms with Crippen molar-refractivity contribution in [2.45, 2.75) is 19.6 Å². The Balaban J connectivity index is 2.53. The molecule has 0 saturated carbocycles. The lowest BCUT2D eigenvalue weighted by atomic mass is 10.2. The second-order valence-electron chi connectivity index (χ2n) is 3.62. The van der Waals surface area contributed by atoms with Gasteiger partial charge in [-0.25, -0.2) is 0 Å². The van der Waals surface area contributed by atoms with Crippen LogP contribution in [-0.2, 0) is 11.3 Å². The largest absolute Gasteiger partial charge is 0.434 e. The first-order valence-corrected chi connectivity index (χ1v) is 5.57. The first-order valence-electron chi connectivity index (χ1n) is 5.57. The Morgan fingerprint density at radius 1 is 1.39 bits per heavy atom. The van der Waals surface area contributed by atoms with E-state index in [0.29, 0.717) is 18.5 Å². The molecule has 0 atom stereocenters. The summed E-state index contributed by atoms with van der Waals surface area (Å²) in [6, 6.07) is 6.38. The Morgan fingerprint density at radius 2 is 2.11 bits per heavy atom. The molecule has 0 spiro atoms. The van der Waals surface area contributed by atoms with Gasteiger partial charge in [-0.1, -0.05) is 18.2 Å². The molecule has 0 radical (unpaired) electrons. The van der Waals surface area contributed by atoms with E-state index in [2.05, 4.69) is 15.4 Å². The molecule has 18 heavy (non-hydrogen) atoms. The van der Waals surface area contributed by atoms with E-state index < -0.39 is 6.61 Å². The smallest absolute Gasteiger partial charge is 0.387 e. The van der Waals surface area contributed by atoms with Crippen LogP contribution in [0.5, 0.6) is 5.75 Å². The highest BCUT2D eigenvalue weighted by Gasteiger charge is 2.09. The molecule has 4 nitrogen and oxygen atoms in total. The molecule has 0 aromatic heterocycles. The molecule has 0 fully saturated rings.